The fourth-order valence-electron chi connectivity index (χ4n) is 2.68. The molecule has 1 aliphatic rings. The topological polar surface area (TPSA) is 97.6 Å². The summed E-state index contributed by atoms with van der Waals surface area (Å²) in [6.45, 7) is 2.36. The lowest BCUT2D eigenvalue weighted by Gasteiger charge is -2.27. The molecule has 1 N–H and O–H groups in total. The predicted molar refractivity (Wildman–Crippen MR) is 81.3 cm³/mol. The van der Waals surface area contributed by atoms with E-state index in [0.29, 0.717) is 35.8 Å². The van der Waals surface area contributed by atoms with Gasteiger partial charge in [0.05, 0.1) is 37.4 Å². The number of methoxy groups -OCH3 is 1. The first-order valence-corrected chi connectivity index (χ1v) is 8.58. The van der Waals surface area contributed by atoms with E-state index < -0.39 is 10.0 Å². The number of nitrogens with zero attached hydrogens (tertiary/aromatic N) is 4. The number of sulfonamides is 1. The number of hydrogen-bond acceptors (Lipinski definition) is 6. The molecule has 0 amide bonds. The van der Waals surface area contributed by atoms with Crippen molar-refractivity contribution >= 4 is 10.0 Å². The third-order valence-corrected chi connectivity index (χ3v) is 5.96. The van der Waals surface area contributed by atoms with Gasteiger partial charge in [0.25, 0.3) is 0 Å². The Morgan fingerprint density at radius 2 is 2.13 bits per heavy atom. The Kier molecular flexibility index (Phi) is 4.09. The molecule has 8 nitrogen and oxygen atoms in total. The average Bonchev–Trinajstić information content (AvgIpc) is 2.96. The number of aryl methyl sites for hydroxylation is 1. The van der Waals surface area contributed by atoms with E-state index >= 15 is 0 Å². The summed E-state index contributed by atoms with van der Waals surface area (Å²) in [4.78, 5) is 0.254. The van der Waals surface area contributed by atoms with E-state index in [4.69, 9.17) is 4.74 Å². The molecular weight excluding hydrogens is 320 g/mol. The van der Waals surface area contributed by atoms with Crippen LogP contribution in [-0.2, 0) is 29.7 Å². The Balaban J connectivity index is 1.95. The van der Waals surface area contributed by atoms with Crippen molar-refractivity contribution in [1.82, 2.24) is 19.3 Å². The van der Waals surface area contributed by atoms with Crippen LogP contribution in [0.5, 0.6) is 5.75 Å². The SMILES string of the molecule is COc1ccc(S(=O)(=O)N2CCn3nnc(CO)c3C2)c(C)c1. The fourth-order valence-corrected chi connectivity index (χ4v) is 4.28. The Labute approximate surface area is 134 Å². The highest BCUT2D eigenvalue weighted by Crippen LogP contribution is 2.27. The highest BCUT2D eigenvalue weighted by molar-refractivity contribution is 7.89. The van der Waals surface area contributed by atoms with Gasteiger partial charge < -0.3 is 9.84 Å². The summed E-state index contributed by atoms with van der Waals surface area (Å²) in [7, 11) is -2.10. The minimum absolute atomic E-state index is 0.149. The fraction of sp³-hybridized carbons (Fsp3) is 0.429. The largest absolute Gasteiger partial charge is 0.497 e. The van der Waals surface area contributed by atoms with E-state index in [2.05, 4.69) is 10.3 Å². The molecule has 9 heteroatoms. The second-order valence-corrected chi connectivity index (χ2v) is 7.24. The summed E-state index contributed by atoms with van der Waals surface area (Å²) in [5.41, 5.74) is 1.67. The Bertz CT molecular complexity index is 818. The molecule has 3 rings (SSSR count). The van der Waals surface area contributed by atoms with Crippen LogP contribution in [0.1, 0.15) is 17.0 Å². The molecule has 0 saturated heterocycles. The van der Waals surface area contributed by atoms with Gasteiger partial charge in [-0.15, -0.1) is 5.10 Å². The summed E-state index contributed by atoms with van der Waals surface area (Å²) in [5.74, 6) is 0.616. The third-order valence-electron chi connectivity index (χ3n) is 3.96. The highest BCUT2D eigenvalue weighted by atomic mass is 32.2. The number of aromatic nitrogens is 3. The average molecular weight is 338 g/mol. The molecule has 124 valence electrons. The molecule has 1 aliphatic heterocycles. The summed E-state index contributed by atoms with van der Waals surface area (Å²) in [5, 5.41) is 17.1. The van der Waals surface area contributed by atoms with Gasteiger partial charge in [-0.25, -0.2) is 13.1 Å². The van der Waals surface area contributed by atoms with Crippen LogP contribution >= 0.6 is 0 Å². The lowest BCUT2D eigenvalue weighted by atomic mass is 10.2. The molecular formula is C14H18N4O4S. The lowest BCUT2D eigenvalue weighted by molar-refractivity contribution is 0.270. The molecule has 23 heavy (non-hydrogen) atoms. The minimum Gasteiger partial charge on any atom is -0.497 e. The predicted octanol–water partition coefficient (Wildman–Crippen LogP) is 0.292. The van der Waals surface area contributed by atoms with Crippen molar-refractivity contribution in [2.24, 2.45) is 0 Å². The first kappa shape index (κ1) is 15.9. The molecule has 2 heterocycles. The standard InChI is InChI=1S/C14H18N4O4S/c1-10-7-11(22-2)3-4-14(10)23(20,21)17-5-6-18-13(8-17)12(9-19)15-16-18/h3-4,7,19H,5-6,8-9H2,1-2H3. The highest BCUT2D eigenvalue weighted by Gasteiger charge is 2.31. The van der Waals surface area contributed by atoms with Crippen LogP contribution < -0.4 is 4.74 Å². The summed E-state index contributed by atoms with van der Waals surface area (Å²) < 4.78 is 34.0. The van der Waals surface area contributed by atoms with Crippen molar-refractivity contribution in [2.45, 2.75) is 31.5 Å². The first-order valence-electron chi connectivity index (χ1n) is 7.14. The van der Waals surface area contributed by atoms with Gasteiger partial charge in [-0.05, 0) is 30.7 Å². The Morgan fingerprint density at radius 3 is 2.78 bits per heavy atom. The number of fused-ring (bicyclic) bond motifs is 1. The number of benzene rings is 1. The zero-order valence-electron chi connectivity index (χ0n) is 12.9. The van der Waals surface area contributed by atoms with Crippen LogP contribution in [0, 0.1) is 6.92 Å². The third kappa shape index (κ3) is 2.71. The van der Waals surface area contributed by atoms with Gasteiger partial charge in [-0.1, -0.05) is 5.21 Å². The maximum absolute atomic E-state index is 12.9. The Hall–Kier alpha value is -1.97. The van der Waals surface area contributed by atoms with E-state index in [9.17, 15) is 13.5 Å². The van der Waals surface area contributed by atoms with Gasteiger partial charge >= 0.3 is 0 Å². The van der Waals surface area contributed by atoms with Gasteiger partial charge in [0.2, 0.25) is 10.0 Å². The van der Waals surface area contributed by atoms with E-state index in [0.717, 1.165) is 0 Å². The number of rotatable bonds is 4. The van der Waals surface area contributed by atoms with Gasteiger partial charge in [-0.2, -0.15) is 4.31 Å². The normalized spacial score (nSPS) is 15.4. The molecule has 1 aromatic carbocycles. The van der Waals surface area contributed by atoms with Gasteiger partial charge in [0.15, 0.2) is 0 Å². The lowest BCUT2D eigenvalue weighted by Crippen LogP contribution is -2.39. The van der Waals surface area contributed by atoms with Crippen molar-refractivity contribution in [3.05, 3.63) is 35.2 Å². The van der Waals surface area contributed by atoms with Crippen LogP contribution in [0.4, 0.5) is 0 Å². The molecule has 0 radical (unpaired) electrons. The van der Waals surface area contributed by atoms with Gasteiger partial charge in [0.1, 0.15) is 11.4 Å². The van der Waals surface area contributed by atoms with E-state index in [1.54, 1.807) is 29.8 Å². The Morgan fingerprint density at radius 1 is 1.35 bits per heavy atom. The van der Waals surface area contributed by atoms with Crippen molar-refractivity contribution in [1.29, 1.82) is 0 Å². The van der Waals surface area contributed by atoms with E-state index in [1.165, 1.54) is 11.4 Å². The van der Waals surface area contributed by atoms with Crippen molar-refractivity contribution < 1.29 is 18.3 Å². The number of aliphatic hydroxyl groups is 1. The van der Waals surface area contributed by atoms with Crippen LogP contribution in [0.2, 0.25) is 0 Å². The maximum Gasteiger partial charge on any atom is 0.243 e. The summed E-state index contributed by atoms with van der Waals surface area (Å²) in [6, 6.07) is 4.89. The van der Waals surface area contributed by atoms with Gasteiger partial charge in [0, 0.05) is 6.54 Å². The second-order valence-electron chi connectivity index (χ2n) is 5.33. The number of aliphatic hydroxyl groups excluding tert-OH is 1. The zero-order chi connectivity index (χ0) is 16.6. The van der Waals surface area contributed by atoms with Crippen LogP contribution in [-0.4, -0.2) is 46.5 Å². The minimum atomic E-state index is -3.64. The van der Waals surface area contributed by atoms with Crippen LogP contribution in [0.3, 0.4) is 0 Å². The number of hydrogen-bond donors (Lipinski definition) is 1. The van der Waals surface area contributed by atoms with Crippen molar-refractivity contribution in [3.63, 3.8) is 0 Å². The molecule has 1 aromatic heterocycles. The zero-order valence-corrected chi connectivity index (χ0v) is 13.7. The molecule has 0 saturated carbocycles. The monoisotopic (exact) mass is 338 g/mol. The molecule has 0 aliphatic carbocycles. The summed E-state index contributed by atoms with van der Waals surface area (Å²) in [6.07, 6.45) is 0. The summed E-state index contributed by atoms with van der Waals surface area (Å²) >= 11 is 0. The van der Waals surface area contributed by atoms with Crippen LogP contribution in [0.15, 0.2) is 23.1 Å². The van der Waals surface area contributed by atoms with E-state index in [1.807, 2.05) is 0 Å². The molecule has 0 bridgehead atoms. The second kappa shape index (κ2) is 5.91. The van der Waals surface area contributed by atoms with Gasteiger partial charge in [-0.3, -0.25) is 0 Å². The smallest absolute Gasteiger partial charge is 0.243 e. The maximum atomic E-state index is 12.9. The molecule has 0 fully saturated rings. The molecule has 2 aromatic rings. The number of ether oxygens (including phenoxy) is 1. The van der Waals surface area contributed by atoms with Crippen LogP contribution in [0.25, 0.3) is 0 Å². The quantitative estimate of drug-likeness (QED) is 0.861. The van der Waals surface area contributed by atoms with Crippen molar-refractivity contribution in [2.75, 3.05) is 13.7 Å². The first-order chi connectivity index (χ1) is 11.0. The molecule has 0 spiro atoms. The molecule has 0 atom stereocenters. The van der Waals surface area contributed by atoms with Crippen molar-refractivity contribution in [3.8, 4) is 5.75 Å². The molecule has 0 unspecified atom stereocenters. The van der Waals surface area contributed by atoms with E-state index in [-0.39, 0.29) is 18.0 Å².